The number of ketones is 1. The molecule has 30 heavy (non-hydrogen) atoms. The molecule has 0 aromatic heterocycles. The topological polar surface area (TPSA) is 55.8 Å². The molecule has 0 amide bonds. The largest absolute Gasteiger partial charge is 0.351 e. The maximum absolute atomic E-state index is 13.6. The van der Waals surface area contributed by atoms with Crippen LogP contribution < -0.4 is 0 Å². The number of hydrogen-bond acceptors (Lipinski definition) is 5. The van der Waals surface area contributed by atoms with Gasteiger partial charge in [0.15, 0.2) is 5.78 Å². The van der Waals surface area contributed by atoms with Crippen LogP contribution in [0.3, 0.4) is 0 Å². The van der Waals surface area contributed by atoms with E-state index in [0.717, 1.165) is 11.1 Å². The van der Waals surface area contributed by atoms with Crippen LogP contribution >= 0.6 is 7.60 Å². The zero-order valence-electron chi connectivity index (χ0n) is 17.2. The second kappa shape index (κ2) is 10.5. The highest BCUT2D eigenvalue weighted by Crippen LogP contribution is 2.61. The average Bonchev–Trinajstić information content (AvgIpc) is 2.81. The smallest absolute Gasteiger partial charge is 0.311 e. The summed E-state index contributed by atoms with van der Waals surface area (Å²) in [6, 6.07) is 28.3. The summed E-state index contributed by atoms with van der Waals surface area (Å²) in [6.45, 7) is 0.477. The molecule has 5 nitrogen and oxygen atoms in total. The Morgan fingerprint density at radius 1 is 0.833 bits per heavy atom. The van der Waals surface area contributed by atoms with Crippen LogP contribution in [0.15, 0.2) is 91.0 Å². The van der Waals surface area contributed by atoms with Crippen LogP contribution in [0.2, 0.25) is 0 Å². The first-order chi connectivity index (χ1) is 14.6. The third-order valence-corrected chi connectivity index (χ3v) is 7.16. The predicted molar refractivity (Wildman–Crippen MR) is 118 cm³/mol. The molecular formula is C24H26NO4P. The number of nitrogens with zero attached hydrogens (tertiary/aromatic N) is 1. The molecule has 0 aliphatic rings. The van der Waals surface area contributed by atoms with E-state index < -0.39 is 13.4 Å². The molecule has 0 aliphatic carbocycles. The lowest BCUT2D eigenvalue weighted by Crippen LogP contribution is -2.34. The SMILES string of the molecule is COP(=O)(OC)C(c1ccccc1)N(CC(=O)c1ccccc1)Cc1ccccc1. The summed E-state index contributed by atoms with van der Waals surface area (Å²) in [6.07, 6.45) is 0. The zero-order valence-corrected chi connectivity index (χ0v) is 18.1. The first-order valence-electron chi connectivity index (χ1n) is 9.70. The fourth-order valence-corrected chi connectivity index (χ4v) is 5.09. The number of carbonyl (C=O) groups excluding carboxylic acids is 1. The van der Waals surface area contributed by atoms with Gasteiger partial charge in [-0.1, -0.05) is 91.0 Å². The van der Waals surface area contributed by atoms with Crippen LogP contribution in [0.25, 0.3) is 0 Å². The van der Waals surface area contributed by atoms with Crippen molar-refractivity contribution in [2.24, 2.45) is 0 Å². The Labute approximate surface area is 177 Å². The van der Waals surface area contributed by atoms with E-state index in [1.54, 1.807) is 12.1 Å². The van der Waals surface area contributed by atoms with Crippen LogP contribution in [-0.2, 0) is 20.2 Å². The van der Waals surface area contributed by atoms with E-state index in [0.29, 0.717) is 12.1 Å². The van der Waals surface area contributed by atoms with Crippen LogP contribution in [0.5, 0.6) is 0 Å². The minimum Gasteiger partial charge on any atom is -0.311 e. The first kappa shape index (κ1) is 22.1. The molecule has 0 heterocycles. The Morgan fingerprint density at radius 3 is 1.87 bits per heavy atom. The van der Waals surface area contributed by atoms with Gasteiger partial charge in [0.1, 0.15) is 5.78 Å². The molecule has 6 heteroatoms. The van der Waals surface area contributed by atoms with Crippen LogP contribution in [0.4, 0.5) is 0 Å². The van der Waals surface area contributed by atoms with E-state index in [-0.39, 0.29) is 12.3 Å². The van der Waals surface area contributed by atoms with Crippen LogP contribution in [-0.4, -0.2) is 31.4 Å². The molecule has 0 radical (unpaired) electrons. The number of carbonyl (C=O) groups is 1. The maximum atomic E-state index is 13.6. The molecule has 1 atom stereocenters. The summed E-state index contributed by atoms with van der Waals surface area (Å²) in [7, 11) is -0.831. The van der Waals surface area contributed by atoms with Crippen molar-refractivity contribution in [1.82, 2.24) is 4.90 Å². The predicted octanol–water partition coefficient (Wildman–Crippen LogP) is 5.56. The molecule has 3 rings (SSSR count). The first-order valence-corrected chi connectivity index (χ1v) is 11.3. The Morgan fingerprint density at radius 2 is 1.33 bits per heavy atom. The summed E-state index contributed by atoms with van der Waals surface area (Å²) in [5.41, 5.74) is 2.37. The van der Waals surface area contributed by atoms with Crippen molar-refractivity contribution in [3.63, 3.8) is 0 Å². The van der Waals surface area contributed by atoms with E-state index in [2.05, 4.69) is 0 Å². The molecule has 0 fully saturated rings. The van der Waals surface area contributed by atoms with Gasteiger partial charge in [0.2, 0.25) is 0 Å². The lowest BCUT2D eigenvalue weighted by atomic mass is 10.1. The van der Waals surface area contributed by atoms with Gasteiger partial charge in [0.25, 0.3) is 0 Å². The normalized spacial score (nSPS) is 12.6. The van der Waals surface area contributed by atoms with E-state index in [4.69, 9.17) is 9.05 Å². The van der Waals surface area contributed by atoms with Gasteiger partial charge in [-0.25, -0.2) is 0 Å². The van der Waals surface area contributed by atoms with E-state index >= 15 is 0 Å². The van der Waals surface area contributed by atoms with Gasteiger partial charge in [-0.15, -0.1) is 0 Å². The minimum atomic E-state index is -3.58. The molecule has 3 aromatic rings. The van der Waals surface area contributed by atoms with Crippen molar-refractivity contribution in [1.29, 1.82) is 0 Å². The molecule has 0 bridgehead atoms. The van der Waals surface area contributed by atoms with E-state index in [1.807, 2.05) is 83.8 Å². The van der Waals surface area contributed by atoms with Crippen LogP contribution in [0.1, 0.15) is 27.3 Å². The van der Waals surface area contributed by atoms with E-state index in [1.165, 1.54) is 14.2 Å². The number of hydrogen-bond donors (Lipinski definition) is 0. The molecule has 0 N–H and O–H groups in total. The molecule has 0 saturated carbocycles. The maximum Gasteiger partial charge on any atom is 0.351 e. The van der Waals surface area contributed by atoms with Crippen LogP contribution in [0, 0.1) is 0 Å². The van der Waals surface area contributed by atoms with Gasteiger partial charge < -0.3 is 9.05 Å². The quantitative estimate of drug-likeness (QED) is 0.316. The molecule has 0 spiro atoms. The van der Waals surface area contributed by atoms with Crippen molar-refractivity contribution in [2.45, 2.75) is 12.3 Å². The summed E-state index contributed by atoms with van der Waals surface area (Å²) < 4.78 is 24.4. The Hall–Kier alpha value is -2.56. The number of benzene rings is 3. The van der Waals surface area contributed by atoms with Gasteiger partial charge in [-0.3, -0.25) is 14.3 Å². The third kappa shape index (κ3) is 5.32. The molecule has 0 saturated heterocycles. The standard InChI is InChI=1S/C24H26NO4P/c1-28-30(27,29-2)24(22-16-10-5-11-17-22)25(18-20-12-6-3-7-13-20)19-23(26)21-14-8-4-9-15-21/h3-17,24H,18-19H2,1-2H3. The second-order valence-electron chi connectivity index (χ2n) is 6.87. The van der Waals surface area contributed by atoms with Gasteiger partial charge >= 0.3 is 7.60 Å². The van der Waals surface area contributed by atoms with Gasteiger partial charge in [-0.2, -0.15) is 0 Å². The zero-order chi connectivity index (χ0) is 21.4. The highest BCUT2D eigenvalue weighted by molar-refractivity contribution is 7.54. The Balaban J connectivity index is 2.04. The summed E-state index contributed by atoms with van der Waals surface area (Å²) in [5, 5.41) is 0. The monoisotopic (exact) mass is 423 g/mol. The Bertz CT molecular complexity index is 972. The highest BCUT2D eigenvalue weighted by atomic mass is 31.2. The van der Waals surface area contributed by atoms with Crippen molar-refractivity contribution in [3.05, 3.63) is 108 Å². The summed E-state index contributed by atoms with van der Waals surface area (Å²) >= 11 is 0. The Kier molecular flexibility index (Phi) is 7.72. The van der Waals surface area contributed by atoms with Gasteiger partial charge in [-0.05, 0) is 11.1 Å². The van der Waals surface area contributed by atoms with Crippen molar-refractivity contribution >= 4 is 13.4 Å². The summed E-state index contributed by atoms with van der Waals surface area (Å²) in [5.74, 6) is -0.798. The van der Waals surface area contributed by atoms with Crippen molar-refractivity contribution in [3.8, 4) is 0 Å². The third-order valence-electron chi connectivity index (χ3n) is 4.92. The highest BCUT2D eigenvalue weighted by Gasteiger charge is 2.40. The summed E-state index contributed by atoms with van der Waals surface area (Å²) in [4.78, 5) is 14.9. The molecule has 1 unspecified atom stereocenters. The molecule has 156 valence electrons. The van der Waals surface area contributed by atoms with Crippen molar-refractivity contribution < 1.29 is 18.4 Å². The second-order valence-corrected chi connectivity index (χ2v) is 9.17. The average molecular weight is 423 g/mol. The van der Waals surface area contributed by atoms with Gasteiger partial charge in [0.05, 0.1) is 6.54 Å². The number of Topliss-reactive ketones (excluding diaryl/α,β-unsaturated/α-hetero) is 1. The van der Waals surface area contributed by atoms with Crippen molar-refractivity contribution in [2.75, 3.05) is 20.8 Å². The number of rotatable bonds is 10. The van der Waals surface area contributed by atoms with Gasteiger partial charge in [0, 0.05) is 26.3 Å². The minimum absolute atomic E-state index is 0.0637. The van der Waals surface area contributed by atoms with E-state index in [9.17, 15) is 9.36 Å². The molecule has 3 aromatic carbocycles. The fraction of sp³-hybridized carbons (Fsp3) is 0.208. The molecule has 0 aliphatic heterocycles. The lowest BCUT2D eigenvalue weighted by Gasteiger charge is -2.35. The molecular weight excluding hydrogens is 397 g/mol. The lowest BCUT2D eigenvalue weighted by molar-refractivity contribution is 0.0899. The fourth-order valence-electron chi connectivity index (χ4n) is 3.44.